The Morgan fingerprint density at radius 1 is 0.701 bits per heavy atom. The minimum Gasteiger partial charge on any atom is -1.00 e. The molecule has 0 spiro atoms. The topological polar surface area (TPSA) is 193 Å². The molecule has 3 saturated carbocycles. The summed E-state index contributed by atoms with van der Waals surface area (Å²) in [5.74, 6) is 2.83. The van der Waals surface area contributed by atoms with Crippen molar-refractivity contribution in [2.75, 3.05) is 25.0 Å². The zero-order valence-electron chi connectivity index (χ0n) is 40.9. The number of nitrogens with one attached hydrogen (secondary N) is 1. The van der Waals surface area contributed by atoms with Crippen molar-refractivity contribution in [3.8, 4) is 0 Å². The molecule has 67 heavy (non-hydrogen) atoms. The molecular formula is C44H67Br4Cs2N9O8. The van der Waals surface area contributed by atoms with Crippen molar-refractivity contribution >= 4 is 88.3 Å². The van der Waals surface area contributed by atoms with Crippen molar-refractivity contribution in [2.45, 2.75) is 158 Å². The monoisotopic (exact) mass is 1430 g/mol. The maximum atomic E-state index is 12.2. The molecular weight excluding hydrogens is 1370 g/mol. The van der Waals surface area contributed by atoms with Gasteiger partial charge in [0, 0.05) is 98.0 Å². The molecule has 3 fully saturated rings. The Morgan fingerprint density at radius 2 is 1.09 bits per heavy atom. The van der Waals surface area contributed by atoms with Crippen LogP contribution in [0.2, 0.25) is 0 Å². The van der Waals surface area contributed by atoms with Gasteiger partial charge in [0.1, 0.15) is 25.0 Å². The van der Waals surface area contributed by atoms with Gasteiger partial charge in [0.25, 0.3) is 6.47 Å². The number of H-pyrrole nitrogens is 1. The Hall–Kier alpha value is 1.09. The molecule has 1 N–H and O–H groups in total. The molecule has 3 aromatic rings. The third-order valence-corrected chi connectivity index (χ3v) is 13.9. The van der Waals surface area contributed by atoms with E-state index in [0.29, 0.717) is 32.7 Å². The van der Waals surface area contributed by atoms with Crippen molar-refractivity contribution in [2.24, 2.45) is 17.8 Å². The van der Waals surface area contributed by atoms with E-state index < -0.39 is 11.2 Å². The second-order valence-electron chi connectivity index (χ2n) is 18.9. The molecule has 6 heterocycles. The van der Waals surface area contributed by atoms with Crippen molar-refractivity contribution in [1.29, 1.82) is 0 Å². The maximum absolute atomic E-state index is 12.2. The van der Waals surface area contributed by atoms with Gasteiger partial charge in [0.15, 0.2) is 0 Å². The van der Waals surface area contributed by atoms with Crippen LogP contribution in [0.25, 0.3) is 0 Å². The summed E-state index contributed by atoms with van der Waals surface area (Å²) in [7, 11) is 0. The Morgan fingerprint density at radius 3 is 1.45 bits per heavy atom. The fourth-order valence-electron chi connectivity index (χ4n) is 7.06. The number of hydrogen-bond acceptors (Lipinski definition) is 11. The number of rotatable bonds is 6. The van der Waals surface area contributed by atoms with Gasteiger partial charge in [0.05, 0.1) is 19.6 Å². The van der Waals surface area contributed by atoms with Crippen LogP contribution in [0, 0.1) is 17.8 Å². The zero-order valence-corrected chi connectivity index (χ0v) is 58.8. The Balaban J connectivity index is 0.000000456. The van der Waals surface area contributed by atoms with Crippen molar-refractivity contribution < 1.29 is 178 Å². The number of ether oxygens (including phenoxy) is 2. The van der Waals surface area contributed by atoms with Crippen LogP contribution in [-0.4, -0.2) is 105 Å². The molecule has 3 aromatic heterocycles. The van der Waals surface area contributed by atoms with Gasteiger partial charge >= 0.3 is 150 Å². The second-order valence-corrected chi connectivity index (χ2v) is 21.8. The predicted molar refractivity (Wildman–Crippen MR) is 259 cm³/mol. The fraction of sp³-hybridized carbons (Fsp3) is 0.705. The SMILES string of the molecule is BrCC1CC1.C.CC(=O)N1CCc2c(c(Br)nn2CC2CC2)C1.CC(C)(C)OC(=O)N1CCc2[nH]nc(Br)c2C1.CC(C)(C)OC(=O)N1CCc2c(c(Br)nn2CC2CC2)C1.O=CO[O-].[Cs+].[Cs+].[H-]. The van der Waals surface area contributed by atoms with Gasteiger partial charge in [-0.05, 0) is 146 Å². The van der Waals surface area contributed by atoms with Crippen molar-refractivity contribution in [3.63, 3.8) is 0 Å². The zero-order chi connectivity index (χ0) is 46.9. The molecule has 3 amide bonds. The third kappa shape index (κ3) is 21.5. The minimum absolute atomic E-state index is 0. The molecule has 0 atom stereocenters. The standard InChI is InChI=1S/C15H22BrN3O2.C12H16BrN3O.C11H16BrN3O2.C4H7Br.CH2O3.CH4.2Cs.H/c1-15(2,3)21-14(20)18-7-6-12-11(9-18)13(16)17-19(12)8-10-4-5-10;1-8(17)15-5-4-11-10(7-15)12(13)14-16(11)6-9-2-3-9;1-11(2,3)17-10(16)15-5-4-8-7(6-15)9(12)14-13-8;5-3-4-1-2-4;2-1-4-3;;;;/h10H,4-9H2,1-3H3;9H,2-7H2,1H3;4-6H2,1-3H3,(H,13,14);4H,1-3H2;1,3H;1H4;;;/q;;;;;;2*+1;-1/p-1. The van der Waals surface area contributed by atoms with Gasteiger partial charge in [-0.3, -0.25) is 24.1 Å². The number of aromatic nitrogens is 6. The summed E-state index contributed by atoms with van der Waals surface area (Å²) in [4.78, 5) is 52.1. The summed E-state index contributed by atoms with van der Waals surface area (Å²) < 4.78 is 17.6. The summed E-state index contributed by atoms with van der Waals surface area (Å²) in [5, 5.41) is 25.9. The first-order valence-electron chi connectivity index (χ1n) is 21.9. The summed E-state index contributed by atoms with van der Waals surface area (Å²) in [6.45, 7) is 18.8. The van der Waals surface area contributed by atoms with E-state index in [0.717, 1.165) is 87.3 Å². The van der Waals surface area contributed by atoms with Gasteiger partial charge in [0.2, 0.25) is 5.91 Å². The van der Waals surface area contributed by atoms with Crippen LogP contribution in [0.3, 0.4) is 0 Å². The Kier molecular flexibility index (Phi) is 28.6. The molecule has 366 valence electrons. The van der Waals surface area contributed by atoms with Crippen LogP contribution in [0.5, 0.6) is 0 Å². The summed E-state index contributed by atoms with van der Waals surface area (Å²) >= 11 is 13.8. The Bertz CT molecular complexity index is 2090. The van der Waals surface area contributed by atoms with Gasteiger partial charge < -0.3 is 35.7 Å². The van der Waals surface area contributed by atoms with Crippen LogP contribution >= 0.6 is 63.7 Å². The van der Waals surface area contributed by atoms with Gasteiger partial charge in [-0.25, -0.2) is 9.59 Å². The first kappa shape index (κ1) is 64.2. The van der Waals surface area contributed by atoms with Crippen LogP contribution in [0.1, 0.15) is 130 Å². The largest absolute Gasteiger partial charge is 1.00 e. The molecule has 0 bridgehead atoms. The van der Waals surface area contributed by atoms with Crippen molar-refractivity contribution in [1.82, 2.24) is 44.5 Å². The minimum atomic E-state index is -0.454. The van der Waals surface area contributed by atoms with Crippen molar-refractivity contribution in [3.05, 3.63) is 47.6 Å². The number of carbonyl (C=O) groups excluding carboxylic acids is 4. The van der Waals surface area contributed by atoms with Crippen LogP contribution in [-0.2, 0) is 75.9 Å². The smallest absolute Gasteiger partial charge is 1.00 e. The molecule has 0 aromatic carbocycles. The second kappa shape index (κ2) is 29.8. The van der Waals surface area contributed by atoms with E-state index in [1.54, 1.807) is 16.7 Å². The summed E-state index contributed by atoms with van der Waals surface area (Å²) in [6.07, 6.45) is 10.3. The number of nitrogens with zero attached hydrogens (tertiary/aromatic N) is 8. The first-order chi connectivity index (χ1) is 30.2. The summed E-state index contributed by atoms with van der Waals surface area (Å²) in [5.41, 5.74) is 6.16. The normalized spacial score (nSPS) is 16.7. The fourth-order valence-corrected chi connectivity index (χ4v) is 9.25. The number of alkyl halides is 1. The van der Waals surface area contributed by atoms with Gasteiger partial charge in [-0.1, -0.05) is 23.4 Å². The quantitative estimate of drug-likeness (QED) is 0.165. The van der Waals surface area contributed by atoms with Gasteiger partial charge in [-0.15, -0.1) is 0 Å². The van der Waals surface area contributed by atoms with E-state index in [1.807, 2.05) is 46.4 Å². The number of hydrogen-bond donors (Lipinski definition) is 1. The number of carbonyl (C=O) groups is 4. The molecule has 0 saturated heterocycles. The first-order valence-corrected chi connectivity index (χ1v) is 25.4. The van der Waals surface area contributed by atoms with Crippen LogP contribution in [0.4, 0.5) is 9.59 Å². The van der Waals surface area contributed by atoms with E-state index in [4.69, 9.17) is 19.5 Å². The van der Waals surface area contributed by atoms with E-state index in [-0.39, 0.29) is 171 Å². The average molecular weight is 1440 g/mol. The summed E-state index contributed by atoms with van der Waals surface area (Å²) in [6, 6.07) is 0. The maximum Gasteiger partial charge on any atom is 1.00 e. The molecule has 6 aliphatic rings. The molecule has 23 heteroatoms. The third-order valence-electron chi connectivity index (χ3n) is 11.0. The average Bonchev–Trinajstić information content (AvgIpc) is 4.17. The number of fused-ring (bicyclic) bond motifs is 3. The van der Waals surface area contributed by atoms with E-state index in [9.17, 15) is 14.4 Å². The van der Waals surface area contributed by atoms with E-state index >= 15 is 0 Å². The Labute approximate surface area is 548 Å². The van der Waals surface area contributed by atoms with Crippen LogP contribution < -0.4 is 143 Å². The molecule has 17 nitrogen and oxygen atoms in total. The molecule has 0 unspecified atom stereocenters. The number of halogens is 4. The molecule has 9 rings (SSSR count). The van der Waals surface area contributed by atoms with Gasteiger partial charge in [-0.2, -0.15) is 15.3 Å². The number of amides is 3. The molecule has 3 aliphatic heterocycles. The molecule has 3 aliphatic carbocycles. The predicted octanol–water partition coefficient (Wildman–Crippen LogP) is 2.76. The van der Waals surface area contributed by atoms with Crippen LogP contribution in [0.15, 0.2) is 13.8 Å². The number of aromatic amines is 1. The van der Waals surface area contributed by atoms with E-state index in [2.05, 4.69) is 98.4 Å². The molecule has 0 radical (unpaired) electrons. The van der Waals surface area contributed by atoms with E-state index in [1.165, 1.54) is 60.8 Å².